The molecule has 0 aliphatic carbocycles. The highest BCUT2D eigenvalue weighted by molar-refractivity contribution is 14.0. The van der Waals surface area contributed by atoms with Gasteiger partial charge in [0.05, 0.1) is 13.7 Å². The lowest BCUT2D eigenvalue weighted by Crippen LogP contribution is -2.37. The van der Waals surface area contributed by atoms with Crippen molar-refractivity contribution in [3.8, 4) is 11.5 Å². The molecule has 1 aromatic carbocycles. The number of nitrogens with zero attached hydrogens (tertiary/aromatic N) is 1. The zero-order valence-electron chi connectivity index (χ0n) is 14.1. The monoisotopic (exact) mass is 453 g/mol. The van der Waals surface area contributed by atoms with Gasteiger partial charge in [-0.1, -0.05) is 12.1 Å². The minimum absolute atomic E-state index is 0. The molecule has 0 aliphatic heterocycles. The second-order valence-corrected chi connectivity index (χ2v) is 5.78. The number of guanidine groups is 1. The van der Waals surface area contributed by atoms with Crippen LogP contribution in [0.25, 0.3) is 0 Å². The lowest BCUT2D eigenvalue weighted by Gasteiger charge is -2.12. The molecular weight excluding hydrogens is 425 g/mol. The van der Waals surface area contributed by atoms with E-state index in [4.69, 9.17) is 4.74 Å². The van der Waals surface area contributed by atoms with Crippen molar-refractivity contribution in [1.29, 1.82) is 0 Å². The number of hydrogen-bond acceptors (Lipinski definition) is 4. The van der Waals surface area contributed by atoms with E-state index in [1.807, 2.05) is 30.8 Å². The maximum Gasteiger partial charge on any atom is 0.191 e. The lowest BCUT2D eigenvalue weighted by molar-refractivity contribution is 0.370. The van der Waals surface area contributed by atoms with Gasteiger partial charge in [-0.3, -0.25) is 0 Å². The van der Waals surface area contributed by atoms with Crippen molar-refractivity contribution in [2.45, 2.75) is 26.3 Å². The van der Waals surface area contributed by atoms with Crippen LogP contribution in [0, 0.1) is 0 Å². The molecule has 0 spiro atoms. The molecule has 0 saturated carbocycles. The van der Waals surface area contributed by atoms with E-state index in [9.17, 15) is 5.11 Å². The number of para-hydroxylation sites is 1. The van der Waals surface area contributed by atoms with E-state index >= 15 is 0 Å². The second kappa shape index (κ2) is 13.6. The molecule has 0 radical (unpaired) electrons. The summed E-state index contributed by atoms with van der Waals surface area (Å²) in [5, 5.41) is 16.6. The van der Waals surface area contributed by atoms with Gasteiger partial charge >= 0.3 is 0 Å². The molecule has 1 aromatic rings. The number of benzene rings is 1. The van der Waals surface area contributed by atoms with Gasteiger partial charge in [0.25, 0.3) is 0 Å². The Labute approximate surface area is 160 Å². The van der Waals surface area contributed by atoms with E-state index < -0.39 is 0 Å². The van der Waals surface area contributed by atoms with Gasteiger partial charge in [-0.25, -0.2) is 4.99 Å². The van der Waals surface area contributed by atoms with Crippen molar-refractivity contribution in [3.63, 3.8) is 0 Å². The van der Waals surface area contributed by atoms with E-state index in [-0.39, 0.29) is 29.7 Å². The van der Waals surface area contributed by atoms with Crippen LogP contribution in [0.15, 0.2) is 23.2 Å². The number of rotatable bonds is 9. The summed E-state index contributed by atoms with van der Waals surface area (Å²) in [4.78, 5) is 4.51. The molecule has 0 aliphatic rings. The number of ether oxygens (including phenoxy) is 1. The van der Waals surface area contributed by atoms with E-state index in [2.05, 4.69) is 21.9 Å². The van der Waals surface area contributed by atoms with Crippen molar-refractivity contribution in [3.05, 3.63) is 23.8 Å². The number of unbranched alkanes of at least 4 members (excludes halogenated alkanes) is 1. The van der Waals surface area contributed by atoms with Crippen LogP contribution < -0.4 is 15.4 Å². The minimum Gasteiger partial charge on any atom is -0.504 e. The summed E-state index contributed by atoms with van der Waals surface area (Å²) in [6.45, 7) is 4.15. The third-order valence-electron chi connectivity index (χ3n) is 3.12. The lowest BCUT2D eigenvalue weighted by atomic mass is 10.2. The molecule has 0 aromatic heterocycles. The zero-order valence-corrected chi connectivity index (χ0v) is 17.2. The molecule has 0 bridgehead atoms. The van der Waals surface area contributed by atoms with E-state index in [1.165, 1.54) is 12.2 Å². The van der Waals surface area contributed by atoms with Crippen LogP contribution in [0.5, 0.6) is 11.5 Å². The van der Waals surface area contributed by atoms with Crippen LogP contribution in [0.3, 0.4) is 0 Å². The van der Waals surface area contributed by atoms with E-state index in [0.29, 0.717) is 12.3 Å². The molecule has 0 amide bonds. The summed E-state index contributed by atoms with van der Waals surface area (Å²) in [5.74, 6) is 2.59. The smallest absolute Gasteiger partial charge is 0.191 e. The Morgan fingerprint density at radius 3 is 2.74 bits per heavy atom. The van der Waals surface area contributed by atoms with Crippen molar-refractivity contribution >= 4 is 41.7 Å². The van der Waals surface area contributed by atoms with Gasteiger partial charge in [0.15, 0.2) is 17.5 Å². The number of aromatic hydroxyl groups is 1. The SMILES string of the molecule is CCNC(=NCc1cccc(OC)c1O)NCCCCSC.I. The largest absolute Gasteiger partial charge is 0.504 e. The third kappa shape index (κ3) is 8.55. The first-order valence-corrected chi connectivity index (χ1v) is 8.98. The highest BCUT2D eigenvalue weighted by atomic mass is 127. The molecule has 3 N–H and O–H groups in total. The van der Waals surface area contributed by atoms with Gasteiger partial charge < -0.3 is 20.5 Å². The number of hydrogen-bond donors (Lipinski definition) is 3. The number of thioether (sulfide) groups is 1. The highest BCUT2D eigenvalue weighted by Gasteiger charge is 2.07. The van der Waals surface area contributed by atoms with Crippen molar-refractivity contribution in [2.75, 3.05) is 32.2 Å². The van der Waals surface area contributed by atoms with Crippen LogP contribution in [-0.2, 0) is 6.54 Å². The number of phenolic OH excluding ortho intramolecular Hbond substituents is 1. The maximum atomic E-state index is 10.1. The second-order valence-electron chi connectivity index (χ2n) is 4.79. The zero-order chi connectivity index (χ0) is 16.2. The maximum absolute atomic E-state index is 10.1. The van der Waals surface area contributed by atoms with Crippen LogP contribution in [0.2, 0.25) is 0 Å². The average Bonchev–Trinajstić information content (AvgIpc) is 2.53. The van der Waals surface area contributed by atoms with Crippen LogP contribution in [-0.4, -0.2) is 43.3 Å². The fraction of sp³-hybridized carbons (Fsp3) is 0.562. The summed E-state index contributed by atoms with van der Waals surface area (Å²) < 4.78 is 5.11. The van der Waals surface area contributed by atoms with Gasteiger partial charge in [-0.2, -0.15) is 11.8 Å². The minimum atomic E-state index is 0. The van der Waals surface area contributed by atoms with Crippen molar-refractivity contribution in [1.82, 2.24) is 10.6 Å². The van der Waals surface area contributed by atoms with Crippen molar-refractivity contribution in [2.24, 2.45) is 4.99 Å². The summed E-state index contributed by atoms with van der Waals surface area (Å²) in [7, 11) is 1.54. The Balaban J connectivity index is 0.00000484. The predicted molar refractivity (Wildman–Crippen MR) is 111 cm³/mol. The van der Waals surface area contributed by atoms with Gasteiger partial charge in [-0.15, -0.1) is 24.0 Å². The number of nitrogens with one attached hydrogen (secondary N) is 2. The molecule has 132 valence electrons. The Hall–Kier alpha value is -0.830. The summed E-state index contributed by atoms with van der Waals surface area (Å²) in [5.41, 5.74) is 0.749. The van der Waals surface area contributed by atoms with Crippen LogP contribution in [0.4, 0.5) is 0 Å². The first-order valence-electron chi connectivity index (χ1n) is 7.58. The van der Waals surface area contributed by atoms with Gasteiger partial charge in [0, 0.05) is 18.7 Å². The van der Waals surface area contributed by atoms with Crippen molar-refractivity contribution < 1.29 is 9.84 Å². The fourth-order valence-electron chi connectivity index (χ4n) is 1.94. The Kier molecular flexibility index (Phi) is 13.1. The third-order valence-corrected chi connectivity index (χ3v) is 3.82. The first kappa shape index (κ1) is 22.2. The molecule has 0 atom stereocenters. The molecule has 1 rings (SSSR count). The van der Waals surface area contributed by atoms with Crippen LogP contribution >= 0.6 is 35.7 Å². The van der Waals surface area contributed by atoms with Gasteiger partial charge in [0.1, 0.15) is 0 Å². The molecule has 7 heteroatoms. The van der Waals surface area contributed by atoms with Gasteiger partial charge in [0.2, 0.25) is 0 Å². The molecular formula is C16H28IN3O2S. The first-order chi connectivity index (χ1) is 10.7. The number of phenols is 1. The molecule has 0 fully saturated rings. The Bertz CT molecular complexity index is 473. The molecule has 23 heavy (non-hydrogen) atoms. The van der Waals surface area contributed by atoms with E-state index in [0.717, 1.165) is 31.0 Å². The summed E-state index contributed by atoms with van der Waals surface area (Å²) >= 11 is 1.87. The average molecular weight is 453 g/mol. The molecule has 0 unspecified atom stereocenters. The Morgan fingerprint density at radius 2 is 2.09 bits per heavy atom. The highest BCUT2D eigenvalue weighted by Crippen LogP contribution is 2.29. The quantitative estimate of drug-likeness (QED) is 0.232. The number of methoxy groups -OCH3 is 1. The summed E-state index contributed by atoms with van der Waals surface area (Å²) in [6, 6.07) is 5.44. The predicted octanol–water partition coefficient (Wildman–Crippen LogP) is 3.22. The van der Waals surface area contributed by atoms with Gasteiger partial charge in [-0.05, 0) is 37.8 Å². The normalized spacial score (nSPS) is 10.8. The molecule has 0 saturated heterocycles. The van der Waals surface area contributed by atoms with E-state index in [1.54, 1.807) is 13.2 Å². The number of halogens is 1. The topological polar surface area (TPSA) is 65.9 Å². The molecule has 0 heterocycles. The standard InChI is InChI=1S/C16H27N3O2S.HI/c1-4-17-16(18-10-5-6-11-22-3)19-12-13-8-7-9-14(21-2)15(13)20;/h7-9,20H,4-6,10-12H2,1-3H3,(H2,17,18,19);1H. The van der Waals surface area contributed by atoms with Crippen LogP contribution in [0.1, 0.15) is 25.3 Å². The number of aliphatic imine (C=N–C) groups is 1. The fourth-order valence-corrected chi connectivity index (χ4v) is 2.44. The Morgan fingerprint density at radius 1 is 1.30 bits per heavy atom. The summed E-state index contributed by atoms with van der Waals surface area (Å²) in [6.07, 6.45) is 4.44. The molecule has 5 nitrogen and oxygen atoms in total.